The summed E-state index contributed by atoms with van der Waals surface area (Å²) < 4.78 is 45.7. The first-order valence-corrected chi connectivity index (χ1v) is 8.11. The highest BCUT2D eigenvalue weighted by atomic mass is 35.5. The molecular formula is C17H14ClF3N4O2. The van der Waals surface area contributed by atoms with Crippen LogP contribution in [0.25, 0.3) is 5.69 Å². The van der Waals surface area contributed by atoms with Crippen LogP contribution in [0.1, 0.15) is 11.4 Å². The van der Waals surface area contributed by atoms with E-state index in [1.54, 1.807) is 22.9 Å². The summed E-state index contributed by atoms with van der Waals surface area (Å²) in [5, 5.41) is 8.56. The average Bonchev–Trinajstić information content (AvgIpc) is 2.60. The van der Waals surface area contributed by atoms with Crippen molar-refractivity contribution in [1.29, 1.82) is 0 Å². The molecule has 0 atom stereocenters. The molecule has 0 fully saturated rings. The van der Waals surface area contributed by atoms with Crippen molar-refractivity contribution in [1.82, 2.24) is 15.0 Å². The second kappa shape index (κ2) is 7.36. The number of ether oxygens (including phenoxy) is 1. The lowest BCUT2D eigenvalue weighted by Gasteiger charge is -2.14. The molecule has 0 aliphatic rings. The normalized spacial score (nSPS) is 11.4. The van der Waals surface area contributed by atoms with Crippen LogP contribution in [0, 0.1) is 6.92 Å². The number of nitrogens with zero attached hydrogens (tertiary/aromatic N) is 2. The molecule has 0 aliphatic carbocycles. The van der Waals surface area contributed by atoms with Gasteiger partial charge in [-0.05, 0) is 37.3 Å². The number of aryl methyl sites for hydroxylation is 1. The van der Waals surface area contributed by atoms with Crippen molar-refractivity contribution in [2.24, 2.45) is 0 Å². The molecule has 6 nitrogen and oxygen atoms in total. The minimum atomic E-state index is -4.61. The Morgan fingerprint density at radius 3 is 2.70 bits per heavy atom. The zero-order valence-corrected chi connectivity index (χ0v) is 14.7. The average molecular weight is 399 g/mol. The predicted molar refractivity (Wildman–Crippen MR) is 93.2 cm³/mol. The van der Waals surface area contributed by atoms with Crippen LogP contribution >= 0.6 is 11.6 Å². The predicted octanol–water partition coefficient (Wildman–Crippen LogP) is 4.20. The van der Waals surface area contributed by atoms with Crippen LogP contribution in [0.15, 0.2) is 42.5 Å². The number of hydrogen-bond acceptors (Lipinski definition) is 3. The third-order valence-corrected chi connectivity index (χ3v) is 3.97. The van der Waals surface area contributed by atoms with Crippen molar-refractivity contribution in [3.8, 4) is 11.4 Å². The second-order valence-corrected chi connectivity index (χ2v) is 6.03. The minimum Gasteiger partial charge on any atom is -0.484 e. The van der Waals surface area contributed by atoms with Crippen LogP contribution in [0.5, 0.6) is 5.75 Å². The molecular weight excluding hydrogens is 385 g/mol. The summed E-state index contributed by atoms with van der Waals surface area (Å²) in [6.45, 7) is 1.45. The molecule has 2 aromatic carbocycles. The van der Waals surface area contributed by atoms with E-state index in [4.69, 9.17) is 16.3 Å². The smallest absolute Gasteiger partial charge is 0.417 e. The number of amides is 1. The fraction of sp³-hybridized carbons (Fsp3) is 0.176. The van der Waals surface area contributed by atoms with E-state index in [2.05, 4.69) is 15.6 Å². The van der Waals surface area contributed by atoms with Gasteiger partial charge in [0, 0.05) is 11.8 Å². The monoisotopic (exact) mass is 398 g/mol. The largest absolute Gasteiger partial charge is 0.484 e. The summed E-state index contributed by atoms with van der Waals surface area (Å²) in [5.41, 5.74) is -0.270. The summed E-state index contributed by atoms with van der Waals surface area (Å²) in [4.78, 5) is 12.0. The van der Waals surface area contributed by atoms with Crippen LogP contribution in [-0.4, -0.2) is 27.5 Å². The number of nitrogens with one attached hydrogen (secondary N) is 2. The molecule has 0 unspecified atom stereocenters. The Balaban J connectivity index is 1.63. The molecule has 3 aromatic rings. The van der Waals surface area contributed by atoms with Crippen LogP contribution in [0.2, 0.25) is 5.02 Å². The first-order chi connectivity index (χ1) is 12.7. The molecule has 0 saturated heterocycles. The van der Waals surface area contributed by atoms with E-state index >= 15 is 0 Å². The van der Waals surface area contributed by atoms with E-state index in [-0.39, 0.29) is 12.3 Å². The lowest BCUT2D eigenvalue weighted by Crippen LogP contribution is -2.21. The number of aromatic amines is 1. The van der Waals surface area contributed by atoms with Crippen LogP contribution in [-0.2, 0) is 11.0 Å². The molecule has 1 aromatic heterocycles. The van der Waals surface area contributed by atoms with Gasteiger partial charge in [0.25, 0.3) is 5.91 Å². The number of benzene rings is 2. The van der Waals surface area contributed by atoms with Crippen LogP contribution < -0.4 is 10.1 Å². The number of alkyl halides is 3. The number of carbonyl (C=O) groups is 1. The lowest BCUT2D eigenvalue weighted by atomic mass is 10.2. The quantitative estimate of drug-likeness (QED) is 0.676. The molecule has 2 N–H and O–H groups in total. The van der Waals surface area contributed by atoms with Gasteiger partial charge in [-0.15, -0.1) is 5.10 Å². The highest BCUT2D eigenvalue weighted by Gasteiger charge is 2.33. The molecule has 0 spiro atoms. The summed E-state index contributed by atoms with van der Waals surface area (Å²) in [6, 6.07) is 10.1. The van der Waals surface area contributed by atoms with Crippen molar-refractivity contribution in [2.45, 2.75) is 13.1 Å². The Morgan fingerprint density at radius 2 is 2.07 bits per heavy atom. The number of H-pyrrole nitrogens is 1. The molecule has 0 aliphatic heterocycles. The maximum absolute atomic E-state index is 12.9. The van der Waals surface area contributed by atoms with Gasteiger partial charge in [-0.2, -0.15) is 13.2 Å². The first kappa shape index (κ1) is 18.8. The third-order valence-electron chi connectivity index (χ3n) is 3.64. The van der Waals surface area contributed by atoms with Crippen molar-refractivity contribution < 1.29 is 22.7 Å². The zero-order valence-electron chi connectivity index (χ0n) is 14.0. The highest BCUT2D eigenvalue weighted by Crippen LogP contribution is 2.36. The molecule has 0 bridgehead atoms. The Morgan fingerprint density at radius 1 is 1.30 bits per heavy atom. The van der Waals surface area contributed by atoms with E-state index < -0.39 is 22.7 Å². The number of rotatable bonds is 5. The zero-order chi connectivity index (χ0) is 19.6. The van der Waals surface area contributed by atoms with Gasteiger partial charge in [-0.3, -0.25) is 4.79 Å². The van der Waals surface area contributed by atoms with Crippen molar-refractivity contribution in [3.05, 3.63) is 58.9 Å². The Labute approximate surface area is 156 Å². The maximum Gasteiger partial charge on any atom is 0.417 e. The van der Waals surface area contributed by atoms with Crippen molar-refractivity contribution >= 4 is 23.2 Å². The van der Waals surface area contributed by atoms with Crippen LogP contribution in [0.3, 0.4) is 0 Å². The van der Waals surface area contributed by atoms with Gasteiger partial charge in [0.2, 0.25) is 0 Å². The van der Waals surface area contributed by atoms with E-state index in [1.807, 2.05) is 13.0 Å². The third kappa shape index (κ3) is 4.43. The van der Waals surface area contributed by atoms with E-state index in [1.165, 1.54) is 6.07 Å². The van der Waals surface area contributed by atoms with E-state index in [0.717, 1.165) is 23.6 Å². The Hall–Kier alpha value is -2.94. The van der Waals surface area contributed by atoms with E-state index in [9.17, 15) is 18.0 Å². The summed E-state index contributed by atoms with van der Waals surface area (Å²) in [6.07, 6.45) is -4.61. The fourth-order valence-corrected chi connectivity index (χ4v) is 2.55. The number of carbonyl (C=O) groups excluding carboxylic acids is 1. The molecule has 0 saturated carbocycles. The Kier molecular flexibility index (Phi) is 5.13. The summed E-state index contributed by atoms with van der Waals surface area (Å²) in [5.74, 6) is 0.597. The van der Waals surface area contributed by atoms with Gasteiger partial charge in [-0.25, -0.2) is 9.90 Å². The molecule has 3 rings (SSSR count). The number of hydrogen-bond donors (Lipinski definition) is 2. The molecule has 1 amide bonds. The summed E-state index contributed by atoms with van der Waals surface area (Å²) >= 11 is 5.55. The number of halogens is 4. The Bertz CT molecular complexity index is 965. The number of aromatic nitrogens is 3. The molecule has 10 heteroatoms. The van der Waals surface area contributed by atoms with Gasteiger partial charge in [-0.1, -0.05) is 17.7 Å². The molecule has 0 radical (unpaired) electrons. The van der Waals surface area contributed by atoms with Gasteiger partial charge < -0.3 is 10.1 Å². The standard InChI is InChI=1S/C17H14ClF3N4O2/c1-10-23-24-25(10)12-3-2-4-13(8-12)27-9-16(26)22-11-5-6-15(18)14(7-11)17(19,20)21/h2-8,24H,9H2,1H3,(H,22,26). The minimum absolute atomic E-state index is 0.0225. The second-order valence-electron chi connectivity index (χ2n) is 5.62. The molecule has 142 valence electrons. The molecule has 27 heavy (non-hydrogen) atoms. The summed E-state index contributed by atoms with van der Waals surface area (Å²) in [7, 11) is 0. The van der Waals surface area contributed by atoms with Gasteiger partial charge in [0.05, 0.1) is 16.3 Å². The lowest BCUT2D eigenvalue weighted by molar-refractivity contribution is -0.137. The maximum atomic E-state index is 12.9. The van der Waals surface area contributed by atoms with Crippen molar-refractivity contribution in [2.75, 3.05) is 11.9 Å². The van der Waals surface area contributed by atoms with Gasteiger partial charge in [0.1, 0.15) is 11.6 Å². The fourth-order valence-electron chi connectivity index (χ4n) is 2.32. The topological polar surface area (TPSA) is 71.9 Å². The van der Waals surface area contributed by atoms with Crippen molar-refractivity contribution in [3.63, 3.8) is 0 Å². The van der Waals surface area contributed by atoms with Gasteiger partial charge in [0.15, 0.2) is 6.61 Å². The van der Waals surface area contributed by atoms with Gasteiger partial charge >= 0.3 is 6.18 Å². The number of anilines is 1. The molecule has 1 heterocycles. The first-order valence-electron chi connectivity index (χ1n) is 7.73. The highest BCUT2D eigenvalue weighted by molar-refractivity contribution is 6.31. The SMILES string of the molecule is Cc1n[nH]n1-c1cccc(OCC(=O)Nc2ccc(Cl)c(C(F)(F)F)c2)c1. The van der Waals surface area contributed by atoms with E-state index in [0.29, 0.717) is 5.75 Å². The van der Waals surface area contributed by atoms with Crippen LogP contribution in [0.4, 0.5) is 18.9 Å².